The molecule has 0 aromatic rings. The van der Waals surface area contributed by atoms with Crippen molar-refractivity contribution in [3.8, 4) is 0 Å². The van der Waals surface area contributed by atoms with Gasteiger partial charge in [0, 0.05) is 19.1 Å². The second kappa shape index (κ2) is 5.91. The molecule has 2 atom stereocenters. The van der Waals surface area contributed by atoms with E-state index in [0.29, 0.717) is 0 Å². The highest BCUT2D eigenvalue weighted by Gasteiger charge is 2.25. The Kier molecular flexibility index (Phi) is 4.82. The molecular weight excluding hydrogens is 188 g/mol. The van der Waals surface area contributed by atoms with Crippen LogP contribution in [-0.2, 0) is 4.79 Å². The van der Waals surface area contributed by atoms with Gasteiger partial charge in [-0.25, -0.2) is 0 Å². The molecule has 1 aliphatic carbocycles. The highest BCUT2D eigenvalue weighted by atomic mass is 16.2. The van der Waals surface area contributed by atoms with Crippen molar-refractivity contribution < 1.29 is 4.79 Å². The Balaban J connectivity index is 2.46. The number of carbonyl (C=O) groups excluding carboxylic acids is 1. The van der Waals surface area contributed by atoms with E-state index >= 15 is 0 Å². The first-order valence-corrected chi connectivity index (χ1v) is 5.91. The molecule has 1 amide bonds. The van der Waals surface area contributed by atoms with Crippen LogP contribution in [0, 0.1) is 5.92 Å². The minimum Gasteiger partial charge on any atom is -0.342 e. The molecule has 3 heteroatoms. The molecule has 15 heavy (non-hydrogen) atoms. The Labute approximate surface area is 92.3 Å². The summed E-state index contributed by atoms with van der Waals surface area (Å²) >= 11 is 0. The highest BCUT2D eigenvalue weighted by Crippen LogP contribution is 2.19. The summed E-state index contributed by atoms with van der Waals surface area (Å²) in [5.41, 5.74) is 5.75. The number of amides is 1. The van der Waals surface area contributed by atoms with E-state index in [1.807, 2.05) is 24.0 Å². The normalized spacial score (nSPS) is 24.5. The Hall–Kier alpha value is -0.830. The summed E-state index contributed by atoms with van der Waals surface area (Å²) in [5, 5.41) is 0. The number of hydrogen-bond acceptors (Lipinski definition) is 2. The highest BCUT2D eigenvalue weighted by molar-refractivity contribution is 5.81. The third-order valence-corrected chi connectivity index (χ3v) is 2.91. The van der Waals surface area contributed by atoms with Gasteiger partial charge in [-0.2, -0.15) is 0 Å². The molecule has 1 rings (SSSR count). The number of unbranched alkanes of at least 4 members (excludes halogenated alkanes) is 1. The van der Waals surface area contributed by atoms with E-state index in [4.69, 9.17) is 5.73 Å². The molecule has 0 aromatic heterocycles. The van der Waals surface area contributed by atoms with Gasteiger partial charge in [-0.3, -0.25) is 4.79 Å². The van der Waals surface area contributed by atoms with Gasteiger partial charge in [0.05, 0.1) is 5.92 Å². The average Bonchev–Trinajstić information content (AvgIpc) is 2.65. The van der Waals surface area contributed by atoms with Crippen LogP contribution >= 0.6 is 0 Å². The van der Waals surface area contributed by atoms with Crippen LogP contribution < -0.4 is 5.73 Å². The van der Waals surface area contributed by atoms with Crippen molar-refractivity contribution in [1.82, 2.24) is 4.90 Å². The number of hydrogen-bond donors (Lipinski definition) is 1. The maximum absolute atomic E-state index is 12.0. The number of nitrogens with zero attached hydrogens (tertiary/aromatic N) is 1. The lowest BCUT2D eigenvalue weighted by molar-refractivity contribution is -0.133. The molecule has 1 aliphatic rings. The van der Waals surface area contributed by atoms with Crippen LogP contribution in [0.5, 0.6) is 0 Å². The Morgan fingerprint density at radius 2 is 2.20 bits per heavy atom. The van der Waals surface area contributed by atoms with Crippen molar-refractivity contribution in [2.75, 3.05) is 13.1 Å². The number of carbonyl (C=O) groups is 1. The van der Waals surface area contributed by atoms with E-state index in [-0.39, 0.29) is 17.9 Å². The largest absolute Gasteiger partial charge is 0.342 e. The van der Waals surface area contributed by atoms with Gasteiger partial charge in [0.2, 0.25) is 5.91 Å². The second-order valence-corrected chi connectivity index (χ2v) is 4.16. The van der Waals surface area contributed by atoms with Gasteiger partial charge < -0.3 is 10.6 Å². The van der Waals surface area contributed by atoms with Gasteiger partial charge in [0.15, 0.2) is 0 Å². The standard InChI is InChI=1S/C12H22N2O/c1-3-5-8-14(4-2)12(15)10-6-7-11(13)9-10/h6-7,10-11H,3-5,8-9,13H2,1-2H3. The molecule has 0 bridgehead atoms. The van der Waals surface area contributed by atoms with E-state index in [9.17, 15) is 4.79 Å². The number of nitrogens with two attached hydrogens (primary N) is 1. The predicted molar refractivity (Wildman–Crippen MR) is 62.4 cm³/mol. The maximum atomic E-state index is 12.0. The lowest BCUT2D eigenvalue weighted by Crippen LogP contribution is -2.36. The molecule has 0 saturated carbocycles. The molecule has 0 aromatic carbocycles. The molecule has 2 N–H and O–H groups in total. The summed E-state index contributed by atoms with van der Waals surface area (Å²) in [6.45, 7) is 5.86. The predicted octanol–water partition coefficient (Wildman–Crippen LogP) is 1.54. The molecule has 0 spiro atoms. The van der Waals surface area contributed by atoms with Crippen molar-refractivity contribution in [1.29, 1.82) is 0 Å². The fourth-order valence-electron chi connectivity index (χ4n) is 1.92. The van der Waals surface area contributed by atoms with Crippen molar-refractivity contribution in [3.63, 3.8) is 0 Å². The Morgan fingerprint density at radius 1 is 1.47 bits per heavy atom. The zero-order chi connectivity index (χ0) is 11.3. The van der Waals surface area contributed by atoms with E-state index in [1.54, 1.807) is 0 Å². The quantitative estimate of drug-likeness (QED) is 0.700. The molecule has 0 heterocycles. The minimum absolute atomic E-state index is 0.0248. The molecule has 0 radical (unpaired) electrons. The van der Waals surface area contributed by atoms with Crippen LogP contribution in [0.25, 0.3) is 0 Å². The first kappa shape index (κ1) is 12.2. The van der Waals surface area contributed by atoms with E-state index < -0.39 is 0 Å². The molecule has 0 aliphatic heterocycles. The van der Waals surface area contributed by atoms with Crippen molar-refractivity contribution in [2.45, 2.75) is 39.2 Å². The summed E-state index contributed by atoms with van der Waals surface area (Å²) in [7, 11) is 0. The van der Waals surface area contributed by atoms with Crippen molar-refractivity contribution >= 4 is 5.91 Å². The summed E-state index contributed by atoms with van der Waals surface area (Å²) in [4.78, 5) is 14.0. The summed E-state index contributed by atoms with van der Waals surface area (Å²) < 4.78 is 0. The zero-order valence-electron chi connectivity index (χ0n) is 9.78. The van der Waals surface area contributed by atoms with Crippen LogP contribution in [0.3, 0.4) is 0 Å². The molecular formula is C12H22N2O. The van der Waals surface area contributed by atoms with Gasteiger partial charge in [0.1, 0.15) is 0 Å². The van der Waals surface area contributed by atoms with E-state index in [2.05, 4.69) is 6.92 Å². The number of rotatable bonds is 5. The smallest absolute Gasteiger partial charge is 0.229 e. The molecule has 2 unspecified atom stereocenters. The molecule has 0 fully saturated rings. The van der Waals surface area contributed by atoms with Gasteiger partial charge in [-0.1, -0.05) is 25.5 Å². The maximum Gasteiger partial charge on any atom is 0.229 e. The van der Waals surface area contributed by atoms with Gasteiger partial charge >= 0.3 is 0 Å². The Bertz CT molecular complexity index is 238. The average molecular weight is 210 g/mol. The van der Waals surface area contributed by atoms with Crippen LogP contribution in [0.4, 0.5) is 0 Å². The monoisotopic (exact) mass is 210 g/mol. The van der Waals surface area contributed by atoms with E-state index in [1.165, 1.54) is 0 Å². The zero-order valence-corrected chi connectivity index (χ0v) is 9.78. The summed E-state index contributed by atoms with van der Waals surface area (Å²) in [6, 6.07) is 0.0730. The van der Waals surface area contributed by atoms with Crippen LogP contribution in [0.15, 0.2) is 12.2 Å². The van der Waals surface area contributed by atoms with Crippen LogP contribution in [0.1, 0.15) is 33.1 Å². The summed E-state index contributed by atoms with van der Waals surface area (Å²) in [5.74, 6) is 0.270. The van der Waals surface area contributed by atoms with E-state index in [0.717, 1.165) is 32.4 Å². The third kappa shape index (κ3) is 3.34. The molecule has 86 valence electrons. The summed E-state index contributed by atoms with van der Waals surface area (Å²) in [6.07, 6.45) is 6.89. The van der Waals surface area contributed by atoms with Gasteiger partial charge in [-0.05, 0) is 19.8 Å². The van der Waals surface area contributed by atoms with Crippen LogP contribution in [-0.4, -0.2) is 29.9 Å². The van der Waals surface area contributed by atoms with Gasteiger partial charge in [0.25, 0.3) is 0 Å². The lowest BCUT2D eigenvalue weighted by Gasteiger charge is -2.23. The molecule has 0 saturated heterocycles. The SMILES string of the molecule is CCCCN(CC)C(=O)C1C=CC(N)C1. The van der Waals surface area contributed by atoms with Crippen molar-refractivity contribution in [3.05, 3.63) is 12.2 Å². The first-order valence-electron chi connectivity index (χ1n) is 5.91. The molecule has 3 nitrogen and oxygen atoms in total. The van der Waals surface area contributed by atoms with Crippen molar-refractivity contribution in [2.24, 2.45) is 11.7 Å². The topological polar surface area (TPSA) is 46.3 Å². The third-order valence-electron chi connectivity index (χ3n) is 2.91. The minimum atomic E-state index is 0.0248. The second-order valence-electron chi connectivity index (χ2n) is 4.16. The Morgan fingerprint density at radius 3 is 2.67 bits per heavy atom. The fourth-order valence-corrected chi connectivity index (χ4v) is 1.92. The first-order chi connectivity index (χ1) is 7.19. The van der Waals surface area contributed by atoms with Gasteiger partial charge in [-0.15, -0.1) is 0 Å². The fraction of sp³-hybridized carbons (Fsp3) is 0.750. The van der Waals surface area contributed by atoms with Crippen LogP contribution in [0.2, 0.25) is 0 Å². The lowest BCUT2D eigenvalue weighted by atomic mass is 10.1.